The van der Waals surface area contributed by atoms with Gasteiger partial charge in [-0.3, -0.25) is 19.1 Å². The highest BCUT2D eigenvalue weighted by atomic mass is 35.5. The van der Waals surface area contributed by atoms with Crippen LogP contribution >= 0.6 is 11.6 Å². The Morgan fingerprint density at radius 3 is 2.78 bits per heavy atom. The molecule has 0 aliphatic rings. The molecule has 0 amide bonds. The predicted octanol–water partition coefficient (Wildman–Crippen LogP) is 0.923. The van der Waals surface area contributed by atoms with Crippen LogP contribution in [0.5, 0.6) is 0 Å². The second-order valence-corrected chi connectivity index (χ2v) is 4.08. The lowest BCUT2D eigenvalue weighted by molar-refractivity contribution is -0.143. The summed E-state index contributed by atoms with van der Waals surface area (Å²) >= 11 is 5.53. The lowest BCUT2D eigenvalue weighted by Gasteiger charge is -2.04. The van der Waals surface area contributed by atoms with Gasteiger partial charge in [-0.2, -0.15) is 0 Å². The van der Waals surface area contributed by atoms with E-state index in [0.29, 0.717) is 19.4 Å². The summed E-state index contributed by atoms with van der Waals surface area (Å²) in [5.74, 6) is -0.269. The first-order valence-electron chi connectivity index (χ1n) is 5.70. The van der Waals surface area contributed by atoms with Crippen molar-refractivity contribution in [2.45, 2.75) is 32.7 Å². The maximum Gasteiger partial charge on any atom is 0.329 e. The van der Waals surface area contributed by atoms with Gasteiger partial charge in [-0.05, 0) is 19.8 Å². The van der Waals surface area contributed by atoms with Gasteiger partial charge >= 0.3 is 11.7 Å². The summed E-state index contributed by atoms with van der Waals surface area (Å²) in [6.45, 7) is 2.35. The molecule has 0 saturated heterocycles. The molecule has 0 saturated carbocycles. The molecule has 1 aromatic rings. The van der Waals surface area contributed by atoms with Crippen molar-refractivity contribution in [3.05, 3.63) is 32.1 Å². The van der Waals surface area contributed by atoms with Gasteiger partial charge in [-0.1, -0.05) is 11.6 Å². The van der Waals surface area contributed by atoms with E-state index < -0.39 is 11.2 Å². The first kappa shape index (κ1) is 14.5. The molecule has 6 nitrogen and oxygen atoms in total. The molecule has 1 N–H and O–H groups in total. The number of hydrogen-bond donors (Lipinski definition) is 1. The average Bonchev–Trinajstić information content (AvgIpc) is 2.27. The van der Waals surface area contributed by atoms with Crippen molar-refractivity contribution < 1.29 is 9.53 Å². The number of carbonyl (C=O) groups is 1. The van der Waals surface area contributed by atoms with Crippen LogP contribution in [0.25, 0.3) is 0 Å². The molecule has 0 bridgehead atoms. The van der Waals surface area contributed by atoms with Crippen LogP contribution in [0.15, 0.2) is 15.7 Å². The number of H-pyrrole nitrogens is 1. The van der Waals surface area contributed by atoms with E-state index in [1.165, 1.54) is 0 Å². The molecule has 0 radical (unpaired) electrons. The van der Waals surface area contributed by atoms with Crippen LogP contribution in [-0.4, -0.2) is 22.1 Å². The van der Waals surface area contributed by atoms with Crippen LogP contribution in [0.1, 0.15) is 26.2 Å². The van der Waals surface area contributed by atoms with E-state index in [-0.39, 0.29) is 24.1 Å². The number of nitrogens with zero attached hydrogens (tertiary/aromatic N) is 1. The zero-order valence-electron chi connectivity index (χ0n) is 10.1. The fourth-order valence-corrected chi connectivity index (χ4v) is 1.65. The van der Waals surface area contributed by atoms with Gasteiger partial charge in [0.15, 0.2) is 0 Å². The second-order valence-electron chi connectivity index (χ2n) is 3.67. The van der Waals surface area contributed by atoms with Crippen LogP contribution in [0.4, 0.5) is 0 Å². The monoisotopic (exact) mass is 274 g/mol. The number of ether oxygens (including phenoxy) is 1. The van der Waals surface area contributed by atoms with Crippen molar-refractivity contribution in [3.63, 3.8) is 0 Å². The Balaban J connectivity index is 2.48. The molecule has 0 aliphatic heterocycles. The largest absolute Gasteiger partial charge is 0.466 e. The standard InChI is InChI=1S/C11H15ClN2O4/c1-2-18-10(16)5-3-4-6-14-9(15)7-8(12)13-11(14)17/h7H,2-6H2,1H3,(H,13,17). The Hall–Kier alpha value is -1.56. The van der Waals surface area contributed by atoms with E-state index in [1.807, 2.05) is 0 Å². The first-order chi connectivity index (χ1) is 8.54. The third kappa shape index (κ3) is 4.37. The summed E-state index contributed by atoms with van der Waals surface area (Å²) in [5, 5.41) is 0.0211. The van der Waals surface area contributed by atoms with Gasteiger partial charge in [0.2, 0.25) is 0 Å². The molecular formula is C11H15ClN2O4. The molecule has 0 aliphatic carbocycles. The highest BCUT2D eigenvalue weighted by Crippen LogP contribution is 1.99. The van der Waals surface area contributed by atoms with Crippen LogP contribution < -0.4 is 11.2 Å². The molecular weight excluding hydrogens is 260 g/mol. The number of nitrogens with one attached hydrogen (secondary N) is 1. The number of halogens is 1. The molecule has 0 unspecified atom stereocenters. The number of rotatable bonds is 6. The number of unbranched alkanes of at least 4 members (excludes halogenated alkanes) is 1. The molecule has 0 aromatic carbocycles. The van der Waals surface area contributed by atoms with E-state index in [0.717, 1.165) is 10.6 Å². The zero-order valence-corrected chi connectivity index (χ0v) is 10.8. The number of aromatic nitrogens is 2. The molecule has 1 aromatic heterocycles. The highest BCUT2D eigenvalue weighted by Gasteiger charge is 2.04. The smallest absolute Gasteiger partial charge is 0.329 e. The van der Waals surface area contributed by atoms with Crippen molar-refractivity contribution in [2.75, 3.05) is 6.61 Å². The minimum atomic E-state index is -0.538. The zero-order chi connectivity index (χ0) is 13.5. The normalized spacial score (nSPS) is 10.3. The summed E-state index contributed by atoms with van der Waals surface area (Å²) in [6, 6.07) is 1.15. The Labute approximate surface area is 109 Å². The SMILES string of the molecule is CCOC(=O)CCCCn1c(=O)cc(Cl)[nH]c1=O. The van der Waals surface area contributed by atoms with Gasteiger partial charge in [0.05, 0.1) is 6.61 Å². The summed E-state index contributed by atoms with van der Waals surface area (Å²) in [5.41, 5.74) is -0.983. The van der Waals surface area contributed by atoms with E-state index in [1.54, 1.807) is 6.92 Å². The van der Waals surface area contributed by atoms with Gasteiger partial charge in [-0.15, -0.1) is 0 Å². The van der Waals surface area contributed by atoms with Gasteiger partial charge in [0.1, 0.15) is 5.15 Å². The van der Waals surface area contributed by atoms with Gasteiger partial charge in [0, 0.05) is 19.0 Å². The molecule has 0 fully saturated rings. The van der Waals surface area contributed by atoms with E-state index in [2.05, 4.69) is 4.98 Å². The Bertz CT molecular complexity index is 489. The second kappa shape index (κ2) is 7.00. The quantitative estimate of drug-likeness (QED) is 0.475. The van der Waals surface area contributed by atoms with E-state index >= 15 is 0 Å². The van der Waals surface area contributed by atoms with Gasteiger partial charge in [-0.25, -0.2) is 4.79 Å². The van der Waals surface area contributed by atoms with Crippen LogP contribution in [-0.2, 0) is 16.1 Å². The number of aromatic amines is 1. The highest BCUT2D eigenvalue weighted by molar-refractivity contribution is 6.29. The molecule has 100 valence electrons. The maximum atomic E-state index is 11.5. The van der Waals surface area contributed by atoms with Crippen LogP contribution in [0.2, 0.25) is 5.15 Å². The number of hydrogen-bond acceptors (Lipinski definition) is 4. The fourth-order valence-electron chi connectivity index (χ4n) is 1.48. The molecule has 7 heteroatoms. The molecule has 0 spiro atoms. The van der Waals surface area contributed by atoms with Crippen LogP contribution in [0.3, 0.4) is 0 Å². The van der Waals surface area contributed by atoms with E-state index in [4.69, 9.17) is 16.3 Å². The summed E-state index contributed by atoms with van der Waals surface area (Å²) in [4.78, 5) is 36.3. The molecule has 18 heavy (non-hydrogen) atoms. The minimum absolute atomic E-state index is 0.0211. The third-order valence-corrected chi connectivity index (χ3v) is 2.51. The fraction of sp³-hybridized carbons (Fsp3) is 0.545. The van der Waals surface area contributed by atoms with Gasteiger partial charge in [0.25, 0.3) is 5.56 Å². The van der Waals surface area contributed by atoms with E-state index in [9.17, 15) is 14.4 Å². The Morgan fingerprint density at radius 2 is 2.17 bits per heavy atom. The number of esters is 1. The Kier molecular flexibility index (Phi) is 5.64. The lowest BCUT2D eigenvalue weighted by atomic mass is 10.2. The van der Waals surface area contributed by atoms with Crippen molar-refractivity contribution in [2.24, 2.45) is 0 Å². The van der Waals surface area contributed by atoms with Gasteiger partial charge < -0.3 is 4.74 Å². The summed E-state index contributed by atoms with van der Waals surface area (Å²) in [7, 11) is 0. The average molecular weight is 275 g/mol. The Morgan fingerprint density at radius 1 is 1.44 bits per heavy atom. The summed E-state index contributed by atoms with van der Waals surface area (Å²) < 4.78 is 5.82. The minimum Gasteiger partial charge on any atom is -0.466 e. The molecule has 1 rings (SSSR count). The predicted molar refractivity (Wildman–Crippen MR) is 66.8 cm³/mol. The van der Waals surface area contributed by atoms with Crippen molar-refractivity contribution in [1.82, 2.24) is 9.55 Å². The van der Waals surface area contributed by atoms with Crippen molar-refractivity contribution in [3.8, 4) is 0 Å². The topological polar surface area (TPSA) is 81.2 Å². The molecule has 1 heterocycles. The number of carbonyl (C=O) groups excluding carboxylic acids is 1. The van der Waals surface area contributed by atoms with Crippen molar-refractivity contribution in [1.29, 1.82) is 0 Å². The van der Waals surface area contributed by atoms with Crippen molar-refractivity contribution >= 4 is 17.6 Å². The first-order valence-corrected chi connectivity index (χ1v) is 6.07. The maximum absolute atomic E-state index is 11.5. The summed E-state index contributed by atoms with van der Waals surface area (Å²) in [6.07, 6.45) is 1.39. The molecule has 0 atom stereocenters. The lowest BCUT2D eigenvalue weighted by Crippen LogP contribution is -2.34. The third-order valence-electron chi connectivity index (χ3n) is 2.31. The van der Waals surface area contributed by atoms with Crippen LogP contribution in [0, 0.1) is 0 Å².